The van der Waals surface area contributed by atoms with E-state index in [1.807, 2.05) is 5.32 Å². The molecule has 140 valence electrons. The average Bonchev–Trinajstić information content (AvgIpc) is 2.66. The predicted octanol–water partition coefficient (Wildman–Crippen LogP) is 2.28. The van der Waals surface area contributed by atoms with E-state index in [2.05, 4.69) is 10.6 Å². The Kier molecular flexibility index (Phi) is 5.11. The third kappa shape index (κ3) is 3.91. The van der Waals surface area contributed by atoms with Crippen molar-refractivity contribution in [2.24, 2.45) is 0 Å². The summed E-state index contributed by atoms with van der Waals surface area (Å²) in [5.74, 6) is -7.12. The van der Waals surface area contributed by atoms with Crippen LogP contribution in [0.15, 0.2) is 36.4 Å². The van der Waals surface area contributed by atoms with Gasteiger partial charge in [0.25, 0.3) is 0 Å². The maximum Gasteiger partial charge on any atom is 0.243 e. The molecule has 0 fully saturated rings. The first-order valence-electron chi connectivity index (χ1n) is 7.96. The van der Waals surface area contributed by atoms with Crippen molar-refractivity contribution < 1.29 is 27.6 Å². The third-order valence-corrected chi connectivity index (χ3v) is 4.05. The number of fused-ring (bicyclic) bond motifs is 1. The van der Waals surface area contributed by atoms with E-state index in [4.69, 9.17) is 0 Å². The van der Waals surface area contributed by atoms with Crippen molar-refractivity contribution >= 4 is 29.1 Å². The molecule has 27 heavy (non-hydrogen) atoms. The van der Waals surface area contributed by atoms with Crippen LogP contribution >= 0.6 is 0 Å². The van der Waals surface area contributed by atoms with Gasteiger partial charge in [-0.05, 0) is 23.8 Å². The molecule has 0 aromatic heterocycles. The SMILES string of the molecule is O=C1CC(C(=O)NCC(=O)Nc2ccc(F)c(F)c2F)c2ccccc2N1. The number of para-hydroxylation sites is 1. The molecule has 1 heterocycles. The molecule has 0 saturated carbocycles. The molecule has 1 aliphatic rings. The van der Waals surface area contributed by atoms with Crippen molar-refractivity contribution in [2.75, 3.05) is 17.2 Å². The number of anilines is 2. The van der Waals surface area contributed by atoms with Crippen LogP contribution in [0.4, 0.5) is 24.5 Å². The lowest BCUT2D eigenvalue weighted by molar-refractivity contribution is -0.127. The van der Waals surface area contributed by atoms with E-state index in [1.165, 1.54) is 0 Å². The molecule has 0 saturated heterocycles. The van der Waals surface area contributed by atoms with Crippen LogP contribution in [0, 0.1) is 17.5 Å². The fraction of sp³-hybridized carbons (Fsp3) is 0.167. The maximum atomic E-state index is 13.6. The summed E-state index contributed by atoms with van der Waals surface area (Å²) < 4.78 is 39.6. The molecular formula is C18H14F3N3O3. The predicted molar refractivity (Wildman–Crippen MR) is 90.4 cm³/mol. The highest BCUT2D eigenvalue weighted by atomic mass is 19.2. The summed E-state index contributed by atoms with van der Waals surface area (Å²) in [6.45, 7) is -0.530. The van der Waals surface area contributed by atoms with Crippen molar-refractivity contribution in [1.82, 2.24) is 5.32 Å². The average molecular weight is 377 g/mol. The molecule has 3 rings (SSSR count). The number of benzene rings is 2. The van der Waals surface area contributed by atoms with Crippen molar-refractivity contribution in [3.8, 4) is 0 Å². The highest BCUT2D eigenvalue weighted by molar-refractivity contribution is 6.02. The number of amides is 3. The Morgan fingerprint density at radius 2 is 1.81 bits per heavy atom. The topological polar surface area (TPSA) is 87.3 Å². The van der Waals surface area contributed by atoms with Crippen LogP contribution in [0.5, 0.6) is 0 Å². The largest absolute Gasteiger partial charge is 0.346 e. The smallest absolute Gasteiger partial charge is 0.243 e. The van der Waals surface area contributed by atoms with Crippen molar-refractivity contribution in [3.63, 3.8) is 0 Å². The zero-order chi connectivity index (χ0) is 19.6. The van der Waals surface area contributed by atoms with Gasteiger partial charge >= 0.3 is 0 Å². The zero-order valence-electron chi connectivity index (χ0n) is 13.8. The van der Waals surface area contributed by atoms with Crippen LogP contribution in [0.25, 0.3) is 0 Å². The molecule has 9 heteroatoms. The summed E-state index contributed by atoms with van der Waals surface area (Å²) in [7, 11) is 0. The van der Waals surface area contributed by atoms with E-state index in [0.29, 0.717) is 17.3 Å². The Balaban J connectivity index is 1.64. The van der Waals surface area contributed by atoms with Crippen molar-refractivity contribution in [1.29, 1.82) is 0 Å². The number of halogens is 3. The van der Waals surface area contributed by atoms with E-state index < -0.39 is 47.4 Å². The normalized spacial score (nSPS) is 15.5. The van der Waals surface area contributed by atoms with Gasteiger partial charge in [0.2, 0.25) is 17.7 Å². The summed E-state index contributed by atoms with van der Waals surface area (Å²) in [4.78, 5) is 36.0. The molecule has 1 atom stereocenters. The number of carbonyl (C=O) groups is 3. The minimum Gasteiger partial charge on any atom is -0.346 e. The molecule has 0 aliphatic carbocycles. The van der Waals surface area contributed by atoms with Gasteiger partial charge in [-0.1, -0.05) is 18.2 Å². The molecule has 0 bridgehead atoms. The number of rotatable bonds is 4. The lowest BCUT2D eigenvalue weighted by Crippen LogP contribution is -2.39. The molecule has 1 aliphatic heterocycles. The van der Waals surface area contributed by atoms with E-state index in [9.17, 15) is 27.6 Å². The standard InChI is InChI=1S/C18H14F3N3O3/c19-11-5-6-13(17(21)16(11)20)24-15(26)8-22-18(27)10-7-14(25)23-12-4-2-1-3-9(10)12/h1-6,10H,7-8H2,(H,22,27)(H,23,25)(H,24,26). The quantitative estimate of drug-likeness (QED) is 0.715. The minimum absolute atomic E-state index is 0.0811. The van der Waals surface area contributed by atoms with Crippen LogP contribution < -0.4 is 16.0 Å². The molecule has 1 unspecified atom stereocenters. The molecule has 3 N–H and O–H groups in total. The Morgan fingerprint density at radius 1 is 1.07 bits per heavy atom. The third-order valence-electron chi connectivity index (χ3n) is 4.05. The van der Waals surface area contributed by atoms with Crippen molar-refractivity contribution in [3.05, 3.63) is 59.4 Å². The van der Waals surface area contributed by atoms with E-state index in [1.54, 1.807) is 24.3 Å². The summed E-state index contributed by atoms with van der Waals surface area (Å²) in [5, 5.41) is 7.06. The van der Waals surface area contributed by atoms with Gasteiger partial charge in [-0.3, -0.25) is 14.4 Å². The van der Waals surface area contributed by atoms with Gasteiger partial charge in [0.1, 0.15) is 0 Å². The van der Waals surface area contributed by atoms with Crippen LogP contribution in [0.1, 0.15) is 17.9 Å². The van der Waals surface area contributed by atoms with Gasteiger partial charge in [-0.15, -0.1) is 0 Å². The highest BCUT2D eigenvalue weighted by Crippen LogP contribution is 2.31. The van der Waals surface area contributed by atoms with Gasteiger partial charge in [0, 0.05) is 12.1 Å². The van der Waals surface area contributed by atoms with Gasteiger partial charge < -0.3 is 16.0 Å². The minimum atomic E-state index is -1.71. The number of carbonyl (C=O) groups excluding carboxylic acids is 3. The first-order chi connectivity index (χ1) is 12.9. The fourth-order valence-electron chi connectivity index (χ4n) is 2.75. The van der Waals surface area contributed by atoms with Crippen molar-refractivity contribution in [2.45, 2.75) is 12.3 Å². The van der Waals surface area contributed by atoms with Gasteiger partial charge in [-0.2, -0.15) is 0 Å². The highest BCUT2D eigenvalue weighted by Gasteiger charge is 2.30. The second-order valence-corrected chi connectivity index (χ2v) is 5.88. The van der Waals surface area contributed by atoms with E-state index >= 15 is 0 Å². The Bertz CT molecular complexity index is 933. The van der Waals surface area contributed by atoms with Gasteiger partial charge in [0.05, 0.1) is 18.2 Å². The van der Waals surface area contributed by atoms with E-state index in [-0.39, 0.29) is 12.3 Å². The van der Waals surface area contributed by atoms with Gasteiger partial charge in [0.15, 0.2) is 17.5 Å². The lowest BCUT2D eigenvalue weighted by atomic mass is 9.90. The molecule has 2 aromatic rings. The molecule has 3 amide bonds. The fourth-order valence-corrected chi connectivity index (χ4v) is 2.75. The monoisotopic (exact) mass is 377 g/mol. The van der Waals surface area contributed by atoms with Crippen LogP contribution in [0.3, 0.4) is 0 Å². The Morgan fingerprint density at radius 3 is 2.59 bits per heavy atom. The summed E-state index contributed by atoms with van der Waals surface area (Å²) in [5.41, 5.74) is 0.583. The maximum absolute atomic E-state index is 13.6. The molecule has 2 aromatic carbocycles. The van der Waals surface area contributed by atoms with Crippen LogP contribution in [-0.2, 0) is 14.4 Å². The first kappa shape index (κ1) is 18.4. The second-order valence-electron chi connectivity index (χ2n) is 5.88. The number of nitrogens with one attached hydrogen (secondary N) is 3. The zero-order valence-corrected chi connectivity index (χ0v) is 13.8. The summed E-state index contributed by atoms with van der Waals surface area (Å²) >= 11 is 0. The summed E-state index contributed by atoms with van der Waals surface area (Å²) in [6.07, 6.45) is -0.0811. The van der Waals surface area contributed by atoms with E-state index in [0.717, 1.165) is 6.07 Å². The molecular weight excluding hydrogens is 363 g/mol. The first-order valence-corrected chi connectivity index (χ1v) is 7.96. The second kappa shape index (κ2) is 7.48. The Hall–Kier alpha value is -3.36. The lowest BCUT2D eigenvalue weighted by Gasteiger charge is -2.24. The number of hydrogen-bond acceptors (Lipinski definition) is 3. The molecule has 0 radical (unpaired) electrons. The number of hydrogen-bond donors (Lipinski definition) is 3. The Labute approximate surface area is 151 Å². The summed E-state index contributed by atoms with van der Waals surface area (Å²) in [6, 6.07) is 8.32. The molecule has 6 nitrogen and oxygen atoms in total. The van der Waals surface area contributed by atoms with Crippen LogP contribution in [-0.4, -0.2) is 24.3 Å². The van der Waals surface area contributed by atoms with Crippen LogP contribution in [0.2, 0.25) is 0 Å². The van der Waals surface area contributed by atoms with Gasteiger partial charge in [-0.25, -0.2) is 13.2 Å². The molecule has 0 spiro atoms.